The van der Waals surface area contributed by atoms with Gasteiger partial charge in [-0.2, -0.15) is 0 Å². The zero-order chi connectivity index (χ0) is 28.1. The van der Waals surface area contributed by atoms with E-state index in [0.717, 1.165) is 22.6 Å². The van der Waals surface area contributed by atoms with Gasteiger partial charge in [0.25, 0.3) is 0 Å². The lowest BCUT2D eigenvalue weighted by Crippen LogP contribution is -2.52. The van der Waals surface area contributed by atoms with Gasteiger partial charge in [0.2, 0.25) is 0 Å². The molecule has 2 fully saturated rings. The highest BCUT2D eigenvalue weighted by Gasteiger charge is 2.73. The maximum Gasteiger partial charge on any atom is 0.181 e. The van der Waals surface area contributed by atoms with Gasteiger partial charge in [-0.05, 0) is 73.2 Å². The number of ether oxygens (including phenoxy) is 4. The number of rotatable bonds is 8. The SMILES string of the molecule is COC[C@H]1OC(OC)[C@]23C(Sc4ccccc4)Cc4cc(OC)ccc4C2CC(S(=O)(=O)c2ccc(C)cc2)[C@H]13. The largest absolute Gasteiger partial charge is 0.497 e. The van der Waals surface area contributed by atoms with Crippen LogP contribution in [0, 0.1) is 18.3 Å². The van der Waals surface area contributed by atoms with Gasteiger partial charge < -0.3 is 18.9 Å². The number of methoxy groups -OCH3 is 3. The average molecular weight is 581 g/mol. The Morgan fingerprint density at radius 2 is 1.75 bits per heavy atom. The first kappa shape index (κ1) is 27.8. The maximum atomic E-state index is 14.5. The van der Waals surface area contributed by atoms with E-state index in [9.17, 15) is 8.42 Å². The Kier molecular flexibility index (Phi) is 7.51. The highest BCUT2D eigenvalue weighted by molar-refractivity contribution is 8.00. The molecule has 1 aliphatic heterocycles. The van der Waals surface area contributed by atoms with E-state index in [2.05, 4.69) is 24.3 Å². The summed E-state index contributed by atoms with van der Waals surface area (Å²) in [5.41, 5.74) is 2.81. The molecule has 1 saturated heterocycles. The molecule has 1 saturated carbocycles. The van der Waals surface area contributed by atoms with Gasteiger partial charge in [0.1, 0.15) is 5.75 Å². The van der Waals surface area contributed by atoms with Gasteiger partial charge in [-0.25, -0.2) is 8.42 Å². The first-order chi connectivity index (χ1) is 19.3. The smallest absolute Gasteiger partial charge is 0.181 e. The summed E-state index contributed by atoms with van der Waals surface area (Å²) < 4.78 is 53.0. The Balaban J connectivity index is 1.56. The minimum absolute atomic E-state index is 0.00882. The van der Waals surface area contributed by atoms with E-state index in [-0.39, 0.29) is 17.1 Å². The molecule has 3 aliphatic rings. The predicted molar refractivity (Wildman–Crippen MR) is 156 cm³/mol. The highest BCUT2D eigenvalue weighted by atomic mass is 32.2. The van der Waals surface area contributed by atoms with Crippen LogP contribution in [0.2, 0.25) is 0 Å². The summed E-state index contributed by atoms with van der Waals surface area (Å²) >= 11 is 1.80. The summed E-state index contributed by atoms with van der Waals surface area (Å²) in [4.78, 5) is 1.50. The summed E-state index contributed by atoms with van der Waals surface area (Å²) in [6.45, 7) is 2.27. The molecule has 0 bridgehead atoms. The Morgan fingerprint density at radius 3 is 2.42 bits per heavy atom. The van der Waals surface area contributed by atoms with Crippen molar-refractivity contribution in [3.05, 3.63) is 89.5 Å². The lowest BCUT2D eigenvalue weighted by Gasteiger charge is -2.48. The van der Waals surface area contributed by atoms with Crippen LogP contribution in [0.4, 0.5) is 0 Å². The van der Waals surface area contributed by atoms with Crippen LogP contribution >= 0.6 is 11.8 Å². The van der Waals surface area contributed by atoms with Crippen molar-refractivity contribution in [2.75, 3.05) is 27.9 Å². The van der Waals surface area contributed by atoms with Crippen LogP contribution in [0.25, 0.3) is 0 Å². The van der Waals surface area contributed by atoms with Crippen molar-refractivity contribution in [2.45, 2.75) is 58.4 Å². The molecular formula is C32H36O6S2. The highest BCUT2D eigenvalue weighted by Crippen LogP contribution is 2.69. The van der Waals surface area contributed by atoms with Crippen molar-refractivity contribution in [2.24, 2.45) is 11.3 Å². The van der Waals surface area contributed by atoms with Crippen molar-refractivity contribution in [1.29, 1.82) is 0 Å². The summed E-state index contributed by atoms with van der Waals surface area (Å²) in [6, 6.07) is 23.8. The first-order valence-corrected chi connectivity index (χ1v) is 16.1. The third-order valence-electron chi connectivity index (χ3n) is 9.16. The molecule has 0 amide bonds. The molecule has 7 atom stereocenters. The molecule has 1 heterocycles. The molecule has 6 rings (SSSR count). The molecule has 2 aliphatic carbocycles. The second kappa shape index (κ2) is 10.8. The van der Waals surface area contributed by atoms with Crippen LogP contribution in [0.3, 0.4) is 0 Å². The Hall–Kier alpha value is -2.36. The molecule has 3 aromatic rings. The number of fused-ring (bicyclic) bond motifs is 2. The number of aryl methyl sites for hydroxylation is 1. The summed E-state index contributed by atoms with van der Waals surface area (Å²) in [6.07, 6.45) is 0.260. The topological polar surface area (TPSA) is 71.1 Å². The molecule has 40 heavy (non-hydrogen) atoms. The molecular weight excluding hydrogens is 544 g/mol. The molecule has 6 nitrogen and oxygen atoms in total. The van der Waals surface area contributed by atoms with E-state index in [1.54, 1.807) is 45.2 Å². The van der Waals surface area contributed by atoms with Gasteiger partial charge in [-0.1, -0.05) is 42.0 Å². The van der Waals surface area contributed by atoms with E-state index in [4.69, 9.17) is 18.9 Å². The fourth-order valence-corrected chi connectivity index (χ4v) is 11.2. The van der Waals surface area contributed by atoms with E-state index in [1.807, 2.05) is 43.3 Å². The fourth-order valence-electron chi connectivity index (χ4n) is 7.57. The van der Waals surface area contributed by atoms with Crippen LogP contribution in [-0.2, 0) is 30.5 Å². The number of hydrogen-bond acceptors (Lipinski definition) is 7. The van der Waals surface area contributed by atoms with Crippen LogP contribution in [0.5, 0.6) is 5.75 Å². The third-order valence-corrected chi connectivity index (χ3v) is 12.8. The van der Waals surface area contributed by atoms with Gasteiger partial charge in [-0.15, -0.1) is 11.8 Å². The maximum absolute atomic E-state index is 14.5. The van der Waals surface area contributed by atoms with Crippen LogP contribution in [-0.4, -0.2) is 59.2 Å². The van der Waals surface area contributed by atoms with Crippen molar-refractivity contribution in [3.8, 4) is 5.75 Å². The summed E-state index contributed by atoms with van der Waals surface area (Å²) in [7, 11) is 1.31. The molecule has 0 N–H and O–H groups in total. The minimum Gasteiger partial charge on any atom is -0.497 e. The van der Waals surface area contributed by atoms with Crippen LogP contribution in [0.1, 0.15) is 29.0 Å². The lowest BCUT2D eigenvalue weighted by atomic mass is 9.61. The molecule has 1 spiro atoms. The minimum atomic E-state index is -3.69. The third kappa shape index (κ3) is 4.31. The van der Waals surface area contributed by atoms with Gasteiger partial charge in [0.15, 0.2) is 16.1 Å². The standard InChI is InChI=1S/C32H36O6S2/c1-20-10-13-24(14-11-20)40(33,34)28-18-26-25-15-12-22(36-3)16-21(25)17-29(39-23-8-6-5-7-9-23)32(26)30(28)27(19-35-2)38-31(32)37-4/h5-16,26-31H,17-19H2,1-4H3/t26?,27-,28?,29?,30+,31?,32+/m1/s1. The van der Waals surface area contributed by atoms with Gasteiger partial charge in [0.05, 0.1) is 30.0 Å². The van der Waals surface area contributed by atoms with Gasteiger partial charge in [-0.3, -0.25) is 0 Å². The van der Waals surface area contributed by atoms with Crippen molar-refractivity contribution >= 4 is 21.6 Å². The summed E-state index contributed by atoms with van der Waals surface area (Å²) in [5.74, 6) is 0.412. The number of hydrogen-bond donors (Lipinski definition) is 0. The zero-order valence-electron chi connectivity index (χ0n) is 23.3. The molecule has 0 radical (unpaired) electrons. The van der Waals surface area contributed by atoms with Crippen LogP contribution in [0.15, 0.2) is 82.6 Å². The quantitative estimate of drug-likeness (QED) is 0.340. The summed E-state index contributed by atoms with van der Waals surface area (Å²) in [5, 5.41) is -0.637. The van der Waals surface area contributed by atoms with E-state index >= 15 is 0 Å². The van der Waals surface area contributed by atoms with Crippen molar-refractivity contribution < 1.29 is 27.4 Å². The van der Waals surface area contributed by atoms with Gasteiger partial charge >= 0.3 is 0 Å². The van der Waals surface area contributed by atoms with Gasteiger partial charge in [0, 0.05) is 35.7 Å². The van der Waals surface area contributed by atoms with Crippen molar-refractivity contribution in [1.82, 2.24) is 0 Å². The zero-order valence-corrected chi connectivity index (χ0v) is 24.9. The number of thioether (sulfide) groups is 1. The Morgan fingerprint density at radius 1 is 1.00 bits per heavy atom. The molecule has 212 valence electrons. The second-order valence-corrected chi connectivity index (χ2v) is 14.5. The predicted octanol–water partition coefficient (Wildman–Crippen LogP) is 5.67. The van der Waals surface area contributed by atoms with E-state index in [0.29, 0.717) is 17.9 Å². The second-order valence-electron chi connectivity index (χ2n) is 11.1. The van der Waals surface area contributed by atoms with Crippen molar-refractivity contribution in [3.63, 3.8) is 0 Å². The average Bonchev–Trinajstić information content (AvgIpc) is 3.48. The molecule has 8 heteroatoms. The van der Waals surface area contributed by atoms with Crippen LogP contribution < -0.4 is 4.74 Å². The normalized spacial score (nSPS) is 30.9. The Bertz CT molecular complexity index is 1460. The monoisotopic (exact) mass is 580 g/mol. The lowest BCUT2D eigenvalue weighted by molar-refractivity contribution is -0.169. The number of sulfone groups is 1. The molecule has 3 aromatic carbocycles. The fraction of sp³-hybridized carbons (Fsp3) is 0.438. The van der Waals surface area contributed by atoms with E-state index < -0.39 is 32.9 Å². The molecule has 4 unspecified atom stereocenters. The Labute approximate surface area is 241 Å². The first-order valence-electron chi connectivity index (χ1n) is 13.7. The number of benzene rings is 3. The van der Waals surface area contributed by atoms with E-state index in [1.165, 1.54) is 11.1 Å². The molecule has 0 aromatic heterocycles.